The molecule has 6 nitrogen and oxygen atoms in total. The lowest BCUT2D eigenvalue weighted by Crippen LogP contribution is -2.45. The Hall–Kier alpha value is -4.45. The minimum absolute atomic E-state index is 0.0448. The highest BCUT2D eigenvalue weighted by Gasteiger charge is 2.53. The van der Waals surface area contributed by atoms with Crippen LogP contribution in [0.1, 0.15) is 35.3 Å². The molecule has 0 aliphatic carbocycles. The van der Waals surface area contributed by atoms with E-state index in [1.54, 1.807) is 19.2 Å². The van der Waals surface area contributed by atoms with E-state index in [9.17, 15) is 9.90 Å². The molecule has 0 spiro atoms. The van der Waals surface area contributed by atoms with E-state index in [2.05, 4.69) is 18.7 Å². The Kier molecular flexibility index (Phi) is 6.49. The first-order valence-corrected chi connectivity index (χ1v) is 12.4. The second-order valence-electron chi connectivity index (χ2n) is 8.82. The van der Waals surface area contributed by atoms with Gasteiger partial charge in [0, 0.05) is 41.8 Å². The van der Waals surface area contributed by atoms with Gasteiger partial charge in [-0.05, 0) is 68.4 Å². The quantitative estimate of drug-likeness (QED) is 0.284. The molecule has 1 atom stereocenters. The monoisotopic (exact) mass is 494 g/mol. The van der Waals surface area contributed by atoms with Crippen molar-refractivity contribution in [1.82, 2.24) is 0 Å². The number of benzene rings is 4. The molecule has 4 aromatic carbocycles. The van der Waals surface area contributed by atoms with E-state index in [1.807, 2.05) is 89.8 Å². The number of carbonyl (C=O) groups is 1. The van der Waals surface area contributed by atoms with Crippen LogP contribution in [-0.4, -0.2) is 31.3 Å². The van der Waals surface area contributed by atoms with Gasteiger partial charge in [0.1, 0.15) is 11.5 Å². The lowest BCUT2D eigenvalue weighted by molar-refractivity contribution is 0.0126. The summed E-state index contributed by atoms with van der Waals surface area (Å²) in [5, 5.41) is 11.5. The smallest absolute Gasteiger partial charge is 0.341 e. The Bertz CT molecular complexity index is 1400. The zero-order chi connectivity index (χ0) is 26.0. The molecule has 0 saturated heterocycles. The van der Waals surface area contributed by atoms with Gasteiger partial charge in [0.05, 0.1) is 18.2 Å². The number of phenolic OH excluding ortho intramolecular Hbond substituents is 1. The lowest BCUT2D eigenvalue weighted by Gasteiger charge is -2.42. The number of phenols is 1. The minimum Gasteiger partial charge on any atom is -0.507 e. The van der Waals surface area contributed by atoms with Crippen LogP contribution in [0, 0.1) is 0 Å². The summed E-state index contributed by atoms with van der Waals surface area (Å²) < 4.78 is 11.7. The summed E-state index contributed by atoms with van der Waals surface area (Å²) in [5.74, 6) is 0.307. The van der Waals surface area contributed by atoms with Crippen LogP contribution in [0.4, 0.5) is 17.1 Å². The van der Waals surface area contributed by atoms with Crippen LogP contribution in [0.15, 0.2) is 97.1 Å². The zero-order valence-corrected chi connectivity index (χ0v) is 21.2. The first-order chi connectivity index (χ1) is 18.0. The van der Waals surface area contributed by atoms with Gasteiger partial charge in [-0.3, -0.25) is 4.90 Å². The first-order valence-electron chi connectivity index (χ1n) is 12.4. The molecule has 1 heterocycles. The molecule has 0 fully saturated rings. The Labute approximate surface area is 217 Å². The molecule has 4 aromatic rings. The van der Waals surface area contributed by atoms with Crippen molar-refractivity contribution in [2.24, 2.45) is 0 Å². The topological polar surface area (TPSA) is 62.2 Å². The number of fused-ring (bicyclic) bond motifs is 1. The Morgan fingerprint density at radius 1 is 0.784 bits per heavy atom. The maximum atomic E-state index is 13.3. The molecule has 1 unspecified atom stereocenters. The van der Waals surface area contributed by atoms with Gasteiger partial charge < -0.3 is 19.5 Å². The van der Waals surface area contributed by atoms with Gasteiger partial charge in [0.15, 0.2) is 0 Å². The van der Waals surface area contributed by atoms with Crippen LogP contribution in [0.2, 0.25) is 0 Å². The first kappa shape index (κ1) is 24.3. The molecule has 0 radical (unpaired) electrons. The molecule has 0 bridgehead atoms. The van der Waals surface area contributed by atoms with Gasteiger partial charge in [-0.2, -0.15) is 0 Å². The number of carbonyl (C=O) groups excluding carboxylic acids is 1. The van der Waals surface area contributed by atoms with Crippen LogP contribution in [0.25, 0.3) is 0 Å². The number of cyclic esters (lactones) is 1. The molecule has 188 valence electrons. The maximum Gasteiger partial charge on any atom is 0.341 e. The van der Waals surface area contributed by atoms with Crippen molar-refractivity contribution in [1.29, 1.82) is 0 Å². The summed E-state index contributed by atoms with van der Waals surface area (Å²) in [4.78, 5) is 17.5. The number of aromatic hydroxyl groups is 1. The molecule has 0 aromatic heterocycles. The summed E-state index contributed by atoms with van der Waals surface area (Å²) >= 11 is 0. The predicted octanol–water partition coefficient (Wildman–Crippen LogP) is 6.46. The van der Waals surface area contributed by atoms with E-state index in [0.29, 0.717) is 22.4 Å². The van der Waals surface area contributed by atoms with Crippen LogP contribution >= 0.6 is 0 Å². The Morgan fingerprint density at radius 3 is 2.05 bits per heavy atom. The molecule has 5 rings (SSSR count). The molecule has 6 heteroatoms. The number of hydrogen-bond acceptors (Lipinski definition) is 6. The summed E-state index contributed by atoms with van der Waals surface area (Å²) in [6.45, 7) is 5.76. The fourth-order valence-corrected chi connectivity index (χ4v) is 5.10. The number of hydrogen-bond donors (Lipinski definition) is 1. The normalized spacial score (nSPS) is 16.1. The second kappa shape index (κ2) is 9.90. The average Bonchev–Trinajstić information content (AvgIpc) is 3.23. The Morgan fingerprint density at radius 2 is 1.41 bits per heavy atom. The molecule has 1 N–H and O–H groups in total. The predicted molar refractivity (Wildman–Crippen MR) is 146 cm³/mol. The number of ether oxygens (including phenoxy) is 2. The van der Waals surface area contributed by atoms with Crippen LogP contribution in [0.3, 0.4) is 0 Å². The highest BCUT2D eigenvalue weighted by atomic mass is 16.6. The third-order valence-corrected chi connectivity index (χ3v) is 6.89. The van der Waals surface area contributed by atoms with E-state index in [0.717, 1.165) is 30.2 Å². The molecule has 1 aliphatic heterocycles. The number of nitrogens with zero attached hydrogens (tertiary/aromatic N) is 2. The minimum atomic E-state index is -1.45. The van der Waals surface area contributed by atoms with E-state index < -0.39 is 11.7 Å². The third kappa shape index (κ3) is 4.04. The zero-order valence-electron chi connectivity index (χ0n) is 21.2. The maximum absolute atomic E-state index is 13.3. The fourth-order valence-electron chi connectivity index (χ4n) is 5.10. The summed E-state index contributed by atoms with van der Waals surface area (Å²) in [5.41, 5.74) is 2.61. The highest BCUT2D eigenvalue weighted by molar-refractivity contribution is 5.97. The van der Waals surface area contributed by atoms with Crippen molar-refractivity contribution in [2.75, 3.05) is 30.0 Å². The number of anilines is 3. The van der Waals surface area contributed by atoms with Crippen molar-refractivity contribution < 1.29 is 19.4 Å². The van der Waals surface area contributed by atoms with E-state index >= 15 is 0 Å². The number of esters is 1. The van der Waals surface area contributed by atoms with Gasteiger partial charge in [0.25, 0.3) is 0 Å². The molecule has 0 saturated carbocycles. The highest BCUT2D eigenvalue weighted by Crippen LogP contribution is 2.52. The summed E-state index contributed by atoms with van der Waals surface area (Å²) in [6.07, 6.45) is 0. The van der Waals surface area contributed by atoms with E-state index in [-0.39, 0.29) is 5.75 Å². The second-order valence-corrected chi connectivity index (χ2v) is 8.82. The van der Waals surface area contributed by atoms with Gasteiger partial charge in [0.2, 0.25) is 5.72 Å². The van der Waals surface area contributed by atoms with Crippen molar-refractivity contribution in [3.63, 3.8) is 0 Å². The Balaban J connectivity index is 1.82. The van der Waals surface area contributed by atoms with Crippen LogP contribution in [0.5, 0.6) is 11.5 Å². The molecule has 1 aliphatic rings. The molecule has 37 heavy (non-hydrogen) atoms. The molecular formula is C31H30N2O4. The van der Waals surface area contributed by atoms with Gasteiger partial charge in [-0.25, -0.2) is 4.79 Å². The SMILES string of the molecule is CCN(CC)c1ccc(C2(N(c3ccccc3)c3ccc(OC)cc3)OC(=O)c3ccccc32)c(O)c1. The van der Waals surface area contributed by atoms with E-state index in [1.165, 1.54) is 0 Å². The van der Waals surface area contributed by atoms with Crippen molar-refractivity contribution in [3.05, 3.63) is 114 Å². The fraction of sp³-hybridized carbons (Fsp3) is 0.194. The third-order valence-electron chi connectivity index (χ3n) is 6.89. The number of rotatable bonds is 8. The van der Waals surface area contributed by atoms with Crippen LogP contribution < -0.4 is 14.5 Å². The standard InChI is InChI=1S/C31H30N2O4/c1-4-32(5-2)24-17-20-28(29(34)21-24)31(27-14-10-9-13-26(27)30(35)37-31)33(22-11-7-6-8-12-22)23-15-18-25(36-3)19-16-23/h6-21,34H,4-5H2,1-3H3. The van der Waals surface area contributed by atoms with Crippen molar-refractivity contribution in [2.45, 2.75) is 19.6 Å². The van der Waals surface area contributed by atoms with Crippen LogP contribution in [-0.2, 0) is 10.5 Å². The average molecular weight is 495 g/mol. The van der Waals surface area contributed by atoms with E-state index in [4.69, 9.17) is 9.47 Å². The largest absolute Gasteiger partial charge is 0.507 e. The summed E-state index contributed by atoms with van der Waals surface area (Å²) in [6, 6.07) is 30.2. The molecular weight excluding hydrogens is 464 g/mol. The molecule has 0 amide bonds. The number of methoxy groups -OCH3 is 1. The van der Waals surface area contributed by atoms with Crippen molar-refractivity contribution >= 4 is 23.0 Å². The van der Waals surface area contributed by atoms with Gasteiger partial charge in [-0.1, -0.05) is 36.4 Å². The lowest BCUT2D eigenvalue weighted by atomic mass is 9.89. The van der Waals surface area contributed by atoms with Crippen molar-refractivity contribution in [3.8, 4) is 11.5 Å². The number of para-hydroxylation sites is 1. The summed E-state index contributed by atoms with van der Waals surface area (Å²) in [7, 11) is 1.62. The van der Waals surface area contributed by atoms with Gasteiger partial charge in [-0.15, -0.1) is 0 Å². The van der Waals surface area contributed by atoms with Gasteiger partial charge >= 0.3 is 5.97 Å².